The normalized spacial score (nSPS) is 15.8. The van der Waals surface area contributed by atoms with E-state index >= 15 is 0 Å². The van der Waals surface area contributed by atoms with Crippen LogP contribution in [0.25, 0.3) is 0 Å². The van der Waals surface area contributed by atoms with Crippen LogP contribution in [0.1, 0.15) is 22.1 Å². The summed E-state index contributed by atoms with van der Waals surface area (Å²) in [7, 11) is 1.55. The van der Waals surface area contributed by atoms with Crippen molar-refractivity contribution in [3.05, 3.63) is 77.9 Å². The van der Waals surface area contributed by atoms with Crippen LogP contribution in [0, 0.1) is 0 Å². The van der Waals surface area contributed by atoms with Crippen LogP contribution in [0.2, 0.25) is 0 Å². The Morgan fingerprint density at radius 1 is 0.963 bits per heavy atom. The molecule has 0 saturated carbocycles. The summed E-state index contributed by atoms with van der Waals surface area (Å²) in [5.74, 6) is -0.0999. The molecule has 3 aromatic rings. The van der Waals surface area contributed by atoms with Crippen LogP contribution in [0.3, 0.4) is 0 Å². The molecule has 6 nitrogen and oxygen atoms in total. The lowest BCUT2D eigenvalue weighted by atomic mass is 10.0. The number of fused-ring (bicyclic) bond motifs is 1. The van der Waals surface area contributed by atoms with Gasteiger partial charge in [-0.05, 0) is 42.0 Å². The number of carbonyl (C=O) groups is 1. The molecule has 6 heteroatoms. The first-order valence-corrected chi connectivity index (χ1v) is 8.44. The molecule has 1 aliphatic rings. The van der Waals surface area contributed by atoms with Gasteiger partial charge in [-0.3, -0.25) is 9.69 Å². The third-order valence-electron chi connectivity index (χ3n) is 4.59. The molecule has 1 atom stereocenters. The van der Waals surface area contributed by atoms with Gasteiger partial charge in [0.1, 0.15) is 11.9 Å². The van der Waals surface area contributed by atoms with E-state index in [4.69, 9.17) is 4.74 Å². The Balaban J connectivity index is 1.90. The Hall–Kier alpha value is -3.67. The fourth-order valence-corrected chi connectivity index (χ4v) is 3.27. The Morgan fingerprint density at radius 2 is 1.70 bits per heavy atom. The van der Waals surface area contributed by atoms with Crippen molar-refractivity contribution in [2.24, 2.45) is 0 Å². The van der Waals surface area contributed by atoms with Gasteiger partial charge in [-0.1, -0.05) is 30.3 Å². The molecule has 0 spiro atoms. The zero-order valence-corrected chi connectivity index (χ0v) is 14.6. The molecule has 3 N–H and O–H groups in total. The molecule has 136 valence electrons. The van der Waals surface area contributed by atoms with E-state index in [1.807, 2.05) is 30.3 Å². The standard InChI is InChI=1S/C21H18N2O4/c1-27-19-9-5-4-8-16(19)23-20(13-10-11-17(24)18(25)12-13)22-15-7-3-2-6-14(15)21(23)26/h2-12,20,22,24-25H,1H3/t20-/m1/s1. The van der Waals surface area contributed by atoms with Gasteiger partial charge in [-0.25, -0.2) is 0 Å². The van der Waals surface area contributed by atoms with Gasteiger partial charge in [0, 0.05) is 5.69 Å². The molecule has 1 aliphatic heterocycles. The van der Waals surface area contributed by atoms with E-state index in [-0.39, 0.29) is 17.4 Å². The molecule has 1 heterocycles. The van der Waals surface area contributed by atoms with Gasteiger partial charge in [-0.2, -0.15) is 0 Å². The topological polar surface area (TPSA) is 82.0 Å². The third kappa shape index (κ3) is 2.81. The highest BCUT2D eigenvalue weighted by Crippen LogP contribution is 2.41. The first-order valence-electron chi connectivity index (χ1n) is 8.44. The van der Waals surface area contributed by atoms with Gasteiger partial charge in [0.15, 0.2) is 11.5 Å². The fourth-order valence-electron chi connectivity index (χ4n) is 3.27. The summed E-state index contributed by atoms with van der Waals surface area (Å²) < 4.78 is 5.45. The second kappa shape index (κ2) is 6.57. The molecule has 1 amide bonds. The number of para-hydroxylation sites is 3. The van der Waals surface area contributed by atoms with E-state index in [2.05, 4.69) is 5.32 Å². The van der Waals surface area contributed by atoms with E-state index in [9.17, 15) is 15.0 Å². The van der Waals surface area contributed by atoms with Crippen molar-refractivity contribution in [2.45, 2.75) is 6.17 Å². The van der Waals surface area contributed by atoms with Gasteiger partial charge in [0.25, 0.3) is 5.91 Å². The number of phenolic OH excluding ortho intramolecular Hbond substituents is 2. The van der Waals surface area contributed by atoms with Crippen molar-refractivity contribution in [3.8, 4) is 17.2 Å². The van der Waals surface area contributed by atoms with E-state index in [0.717, 1.165) is 0 Å². The lowest BCUT2D eigenvalue weighted by Crippen LogP contribution is -2.43. The minimum atomic E-state index is -0.588. The van der Waals surface area contributed by atoms with Gasteiger partial charge in [0.2, 0.25) is 0 Å². The number of nitrogens with zero attached hydrogens (tertiary/aromatic N) is 1. The molecule has 0 fully saturated rings. The predicted octanol–water partition coefficient (Wildman–Crippen LogP) is 3.88. The molecule has 27 heavy (non-hydrogen) atoms. The largest absolute Gasteiger partial charge is 0.504 e. The lowest BCUT2D eigenvalue weighted by molar-refractivity contribution is 0.0974. The molecular weight excluding hydrogens is 344 g/mol. The monoisotopic (exact) mass is 362 g/mol. The molecule has 0 aromatic heterocycles. The second-order valence-corrected chi connectivity index (χ2v) is 6.19. The summed E-state index contributed by atoms with van der Waals surface area (Å²) in [5, 5.41) is 22.9. The van der Waals surface area contributed by atoms with Gasteiger partial charge in [0.05, 0.1) is 18.4 Å². The number of anilines is 2. The maximum absolute atomic E-state index is 13.3. The summed E-state index contributed by atoms with van der Waals surface area (Å²) in [6.07, 6.45) is -0.588. The van der Waals surface area contributed by atoms with E-state index in [1.165, 1.54) is 12.1 Å². The minimum absolute atomic E-state index is 0.189. The fraction of sp³-hybridized carbons (Fsp3) is 0.0952. The van der Waals surface area contributed by atoms with Crippen molar-refractivity contribution < 1.29 is 19.7 Å². The van der Waals surface area contributed by atoms with Crippen molar-refractivity contribution in [3.63, 3.8) is 0 Å². The van der Waals surface area contributed by atoms with E-state index < -0.39 is 6.17 Å². The summed E-state index contributed by atoms with van der Waals surface area (Å²) in [5.41, 5.74) is 2.47. The van der Waals surface area contributed by atoms with Gasteiger partial charge in [-0.15, -0.1) is 0 Å². The number of hydrogen-bond acceptors (Lipinski definition) is 5. The summed E-state index contributed by atoms with van der Waals surface area (Å²) in [4.78, 5) is 14.9. The van der Waals surface area contributed by atoms with Gasteiger partial charge < -0.3 is 20.3 Å². The zero-order chi connectivity index (χ0) is 19.0. The highest BCUT2D eigenvalue weighted by molar-refractivity contribution is 6.12. The second-order valence-electron chi connectivity index (χ2n) is 6.19. The van der Waals surface area contributed by atoms with Crippen molar-refractivity contribution in [1.29, 1.82) is 0 Å². The first kappa shape index (κ1) is 16.8. The number of carbonyl (C=O) groups excluding carboxylic acids is 1. The van der Waals surface area contributed by atoms with Gasteiger partial charge >= 0.3 is 0 Å². The average Bonchev–Trinajstić information content (AvgIpc) is 2.70. The van der Waals surface area contributed by atoms with Crippen LogP contribution in [-0.2, 0) is 0 Å². The molecule has 0 radical (unpaired) electrons. The Kier molecular flexibility index (Phi) is 4.08. The van der Waals surface area contributed by atoms with E-state index in [1.54, 1.807) is 36.3 Å². The maximum Gasteiger partial charge on any atom is 0.262 e. The highest BCUT2D eigenvalue weighted by Gasteiger charge is 2.35. The first-order chi connectivity index (χ1) is 13.1. The molecule has 0 aliphatic carbocycles. The number of amides is 1. The quantitative estimate of drug-likeness (QED) is 0.616. The smallest absolute Gasteiger partial charge is 0.262 e. The van der Waals surface area contributed by atoms with Crippen LogP contribution in [-0.4, -0.2) is 23.2 Å². The predicted molar refractivity (Wildman–Crippen MR) is 102 cm³/mol. The summed E-state index contributed by atoms with van der Waals surface area (Å²) in [6.45, 7) is 0. The van der Waals surface area contributed by atoms with Crippen LogP contribution in [0.4, 0.5) is 11.4 Å². The molecule has 0 unspecified atom stereocenters. The number of rotatable bonds is 3. The SMILES string of the molecule is COc1ccccc1N1C(=O)c2ccccc2N[C@H]1c1ccc(O)c(O)c1. The lowest BCUT2D eigenvalue weighted by Gasteiger charge is -2.38. The number of ether oxygens (including phenoxy) is 1. The zero-order valence-electron chi connectivity index (χ0n) is 14.6. The Bertz CT molecular complexity index is 1020. The van der Waals surface area contributed by atoms with Crippen molar-refractivity contribution >= 4 is 17.3 Å². The number of phenols is 2. The van der Waals surface area contributed by atoms with Crippen LogP contribution < -0.4 is 15.0 Å². The number of nitrogens with one attached hydrogen (secondary N) is 1. The molecular formula is C21H18N2O4. The van der Waals surface area contributed by atoms with Crippen LogP contribution >= 0.6 is 0 Å². The van der Waals surface area contributed by atoms with Crippen LogP contribution in [0.5, 0.6) is 17.2 Å². The van der Waals surface area contributed by atoms with Crippen LogP contribution in [0.15, 0.2) is 66.7 Å². The van der Waals surface area contributed by atoms with Crippen molar-refractivity contribution in [2.75, 3.05) is 17.3 Å². The maximum atomic E-state index is 13.3. The molecule has 0 saturated heterocycles. The third-order valence-corrected chi connectivity index (χ3v) is 4.59. The number of benzene rings is 3. The summed E-state index contributed by atoms with van der Waals surface area (Å²) in [6, 6.07) is 19.0. The number of methoxy groups -OCH3 is 1. The number of hydrogen-bond donors (Lipinski definition) is 3. The number of aromatic hydroxyl groups is 2. The molecule has 3 aromatic carbocycles. The Morgan fingerprint density at radius 3 is 2.48 bits per heavy atom. The average molecular weight is 362 g/mol. The van der Waals surface area contributed by atoms with E-state index in [0.29, 0.717) is 28.3 Å². The minimum Gasteiger partial charge on any atom is -0.504 e. The Labute approximate surface area is 156 Å². The van der Waals surface area contributed by atoms with Crippen molar-refractivity contribution in [1.82, 2.24) is 0 Å². The highest BCUT2D eigenvalue weighted by atomic mass is 16.5. The molecule has 0 bridgehead atoms. The molecule has 4 rings (SSSR count). The summed E-state index contributed by atoms with van der Waals surface area (Å²) >= 11 is 0.